The summed E-state index contributed by atoms with van der Waals surface area (Å²) in [6.45, 7) is 0. The number of carbonyl (C=O) groups excluding carboxylic acids is 1. The van der Waals surface area contributed by atoms with Gasteiger partial charge in [-0.05, 0) is 24.3 Å². The number of benzene rings is 1. The molecule has 0 saturated carbocycles. The molecule has 0 spiro atoms. The minimum absolute atomic E-state index is 0.138. The molecule has 0 saturated heterocycles. The summed E-state index contributed by atoms with van der Waals surface area (Å²) in [5, 5.41) is 8.76. The van der Waals surface area contributed by atoms with Crippen LogP contribution in [0, 0.1) is 17.1 Å². The Balaban J connectivity index is 2.64. The maximum absolute atomic E-state index is 14.0. The number of nitrogens with zero attached hydrogens (tertiary/aromatic N) is 2. The zero-order valence-corrected chi connectivity index (χ0v) is 12.2. The molecule has 0 radical (unpaired) electrons. The van der Waals surface area contributed by atoms with Crippen molar-refractivity contribution in [2.45, 2.75) is 0 Å². The molecule has 2 rings (SSSR count). The molecule has 21 heavy (non-hydrogen) atoms. The lowest BCUT2D eigenvalue weighted by Gasteiger charge is -2.08. The maximum atomic E-state index is 14.0. The van der Waals surface area contributed by atoms with Crippen LogP contribution in [0.3, 0.4) is 0 Å². The minimum Gasteiger partial charge on any atom is -0.464 e. The van der Waals surface area contributed by atoms with Crippen LogP contribution in [0.15, 0.2) is 24.3 Å². The number of nitriles is 1. The molecule has 0 unspecified atom stereocenters. The van der Waals surface area contributed by atoms with Gasteiger partial charge in [0.25, 0.3) is 0 Å². The summed E-state index contributed by atoms with van der Waals surface area (Å²) in [6.07, 6.45) is 0. The number of hydrogen-bond donors (Lipinski definition) is 0. The predicted octanol–water partition coefficient (Wildman–Crippen LogP) is 3.85. The third kappa shape index (κ3) is 2.97. The molecule has 0 bridgehead atoms. The summed E-state index contributed by atoms with van der Waals surface area (Å²) in [6, 6.07) is 7.17. The molecule has 106 valence electrons. The van der Waals surface area contributed by atoms with Gasteiger partial charge in [-0.15, -0.1) is 0 Å². The Morgan fingerprint density at radius 2 is 2.05 bits per heavy atom. The van der Waals surface area contributed by atoms with E-state index in [1.807, 2.05) is 6.07 Å². The molecule has 4 nitrogen and oxygen atoms in total. The van der Waals surface area contributed by atoms with Crippen molar-refractivity contribution in [3.63, 3.8) is 0 Å². The van der Waals surface area contributed by atoms with E-state index in [4.69, 9.17) is 28.5 Å². The second-order valence-corrected chi connectivity index (χ2v) is 4.76. The van der Waals surface area contributed by atoms with E-state index in [2.05, 4.69) is 9.72 Å². The topological polar surface area (TPSA) is 63.0 Å². The molecule has 0 atom stereocenters. The molecular formula is C14H7Cl2FN2O2. The lowest BCUT2D eigenvalue weighted by atomic mass is 10.1. The molecule has 0 aliphatic carbocycles. The number of pyridine rings is 1. The van der Waals surface area contributed by atoms with Crippen molar-refractivity contribution >= 4 is 29.2 Å². The number of carbonyl (C=O) groups is 1. The van der Waals surface area contributed by atoms with E-state index in [0.717, 1.165) is 13.2 Å². The Morgan fingerprint density at radius 3 is 2.62 bits per heavy atom. The summed E-state index contributed by atoms with van der Waals surface area (Å²) in [4.78, 5) is 15.4. The van der Waals surface area contributed by atoms with E-state index < -0.39 is 11.8 Å². The lowest BCUT2D eigenvalue weighted by molar-refractivity contribution is 0.0594. The summed E-state index contributed by atoms with van der Waals surface area (Å²) in [7, 11) is 1.16. The Kier molecular flexibility index (Phi) is 4.41. The van der Waals surface area contributed by atoms with Gasteiger partial charge in [0.1, 0.15) is 5.69 Å². The normalized spacial score (nSPS) is 10.0. The minimum atomic E-state index is -0.786. The highest BCUT2D eigenvalue weighted by Gasteiger charge is 2.19. The van der Waals surface area contributed by atoms with Crippen molar-refractivity contribution in [2.24, 2.45) is 0 Å². The van der Waals surface area contributed by atoms with Crippen molar-refractivity contribution in [3.8, 4) is 17.3 Å². The Hall–Kier alpha value is -2.16. The Morgan fingerprint density at radius 1 is 1.33 bits per heavy atom. The van der Waals surface area contributed by atoms with Crippen LogP contribution in [0.4, 0.5) is 4.39 Å². The van der Waals surface area contributed by atoms with E-state index >= 15 is 0 Å². The fourth-order valence-corrected chi connectivity index (χ4v) is 2.16. The lowest BCUT2D eigenvalue weighted by Crippen LogP contribution is -2.07. The van der Waals surface area contributed by atoms with Crippen LogP contribution < -0.4 is 0 Å². The number of methoxy groups -OCH3 is 1. The number of hydrogen-bond acceptors (Lipinski definition) is 4. The smallest absolute Gasteiger partial charge is 0.358 e. The van der Waals surface area contributed by atoms with Crippen LogP contribution in [0.2, 0.25) is 10.0 Å². The summed E-state index contributed by atoms with van der Waals surface area (Å²) in [5.74, 6) is -1.52. The van der Waals surface area contributed by atoms with E-state index in [1.54, 1.807) is 0 Å². The van der Waals surface area contributed by atoms with Gasteiger partial charge in [-0.1, -0.05) is 23.2 Å². The van der Waals surface area contributed by atoms with Crippen molar-refractivity contribution in [1.29, 1.82) is 5.26 Å². The quantitative estimate of drug-likeness (QED) is 0.787. The second kappa shape index (κ2) is 6.08. The van der Waals surface area contributed by atoms with Gasteiger partial charge in [-0.3, -0.25) is 0 Å². The van der Waals surface area contributed by atoms with E-state index in [-0.39, 0.29) is 27.0 Å². The molecule has 0 N–H and O–H groups in total. The molecule has 7 heteroatoms. The third-order valence-electron chi connectivity index (χ3n) is 2.66. The largest absolute Gasteiger partial charge is 0.464 e. The van der Waals surface area contributed by atoms with Crippen molar-refractivity contribution in [3.05, 3.63) is 51.4 Å². The first-order valence-corrected chi connectivity index (χ1v) is 6.38. The fraction of sp³-hybridized carbons (Fsp3) is 0.0714. The predicted molar refractivity (Wildman–Crippen MR) is 75.7 cm³/mol. The van der Waals surface area contributed by atoms with Gasteiger partial charge in [-0.2, -0.15) is 5.26 Å². The van der Waals surface area contributed by atoms with Gasteiger partial charge in [-0.25, -0.2) is 14.2 Å². The van der Waals surface area contributed by atoms with E-state index in [1.165, 1.54) is 18.2 Å². The van der Waals surface area contributed by atoms with Gasteiger partial charge in [0, 0.05) is 5.56 Å². The number of halogens is 3. The summed E-state index contributed by atoms with van der Waals surface area (Å²) in [5.41, 5.74) is 0.214. The van der Waals surface area contributed by atoms with Gasteiger partial charge in [0.2, 0.25) is 0 Å². The van der Waals surface area contributed by atoms with Gasteiger partial charge >= 0.3 is 5.97 Å². The Labute approximate surface area is 129 Å². The zero-order chi connectivity index (χ0) is 15.6. The fourth-order valence-electron chi connectivity index (χ4n) is 1.67. The highest BCUT2D eigenvalue weighted by molar-refractivity contribution is 6.34. The SMILES string of the molecule is COC(=O)c1nc(-c2ccc(C#N)cc2Cl)c(F)cc1Cl. The van der Waals surface area contributed by atoms with Crippen molar-refractivity contribution in [1.82, 2.24) is 4.98 Å². The van der Waals surface area contributed by atoms with E-state index in [0.29, 0.717) is 5.56 Å². The molecule has 0 aliphatic heterocycles. The van der Waals surface area contributed by atoms with Crippen LogP contribution >= 0.6 is 23.2 Å². The molecule has 1 heterocycles. The van der Waals surface area contributed by atoms with Crippen molar-refractivity contribution < 1.29 is 13.9 Å². The first kappa shape index (κ1) is 15.2. The Bertz CT molecular complexity index is 772. The van der Waals surface area contributed by atoms with Crippen molar-refractivity contribution in [2.75, 3.05) is 7.11 Å². The summed E-state index contributed by atoms with van der Waals surface area (Å²) >= 11 is 11.8. The third-order valence-corrected chi connectivity index (χ3v) is 3.26. The zero-order valence-electron chi connectivity index (χ0n) is 10.7. The van der Waals surface area contributed by atoms with Gasteiger partial charge in [0.15, 0.2) is 11.5 Å². The second-order valence-electron chi connectivity index (χ2n) is 3.95. The van der Waals surface area contributed by atoms with Crippen LogP contribution in [0.25, 0.3) is 11.3 Å². The molecule has 1 aromatic heterocycles. The van der Waals surface area contributed by atoms with Gasteiger partial charge in [0.05, 0.1) is 28.8 Å². The van der Waals surface area contributed by atoms with Crippen LogP contribution in [-0.4, -0.2) is 18.1 Å². The molecule has 0 fully saturated rings. The van der Waals surface area contributed by atoms with E-state index in [9.17, 15) is 9.18 Å². The molecule has 2 aromatic rings. The number of aromatic nitrogens is 1. The average molecular weight is 325 g/mol. The van der Waals surface area contributed by atoms with Gasteiger partial charge < -0.3 is 4.74 Å². The molecular weight excluding hydrogens is 318 g/mol. The average Bonchev–Trinajstić information content (AvgIpc) is 2.47. The highest BCUT2D eigenvalue weighted by Crippen LogP contribution is 2.31. The van der Waals surface area contributed by atoms with Crippen LogP contribution in [0.5, 0.6) is 0 Å². The molecule has 0 aliphatic rings. The first-order valence-electron chi connectivity index (χ1n) is 5.62. The number of esters is 1. The standard InChI is InChI=1S/C14H7Cl2FN2O2/c1-21-14(20)13-10(16)5-11(17)12(19-13)8-3-2-7(6-18)4-9(8)15/h2-5H,1H3. The van der Waals surface area contributed by atoms with Crippen LogP contribution in [0.1, 0.15) is 16.1 Å². The monoisotopic (exact) mass is 324 g/mol. The van der Waals surface area contributed by atoms with Crippen LogP contribution in [-0.2, 0) is 4.74 Å². The molecule has 1 aromatic carbocycles. The summed E-state index contributed by atoms with van der Waals surface area (Å²) < 4.78 is 18.6. The molecule has 0 amide bonds. The first-order chi connectivity index (χ1) is 9.97. The number of ether oxygens (including phenoxy) is 1. The maximum Gasteiger partial charge on any atom is 0.358 e. The number of rotatable bonds is 2. The highest BCUT2D eigenvalue weighted by atomic mass is 35.5.